The first-order valence-electron chi connectivity index (χ1n) is 2.23. The van der Waals surface area contributed by atoms with Crippen LogP contribution >= 0.6 is 23.2 Å². The topological polar surface area (TPSA) is 34.1 Å². The molecule has 0 rings (SSSR count). The van der Waals surface area contributed by atoms with Crippen LogP contribution in [0.1, 0.15) is 6.92 Å². The summed E-state index contributed by atoms with van der Waals surface area (Å²) in [5.74, 6) is 0.0238. The summed E-state index contributed by atoms with van der Waals surface area (Å²) in [4.78, 5) is 0. The number of rotatable bonds is 2. The minimum Gasteiger partial charge on any atom is -0.224 e. The van der Waals surface area contributed by atoms with Gasteiger partial charge in [-0.15, -0.1) is 0 Å². The molecule has 0 aliphatic carbocycles. The first-order valence-corrected chi connectivity index (χ1v) is 4.70. The molecule has 2 nitrogen and oxygen atoms in total. The highest BCUT2D eigenvalue weighted by molar-refractivity contribution is 7.94. The molecule has 5 heteroatoms. The Kier molecular flexibility index (Phi) is 3.54. The van der Waals surface area contributed by atoms with Crippen molar-refractivity contribution in [3.8, 4) is 0 Å². The second-order valence-electron chi connectivity index (χ2n) is 1.36. The highest BCUT2D eigenvalue weighted by Gasteiger charge is 2.01. The van der Waals surface area contributed by atoms with Crippen molar-refractivity contribution in [2.75, 3.05) is 5.75 Å². The van der Waals surface area contributed by atoms with Crippen molar-refractivity contribution in [2.24, 2.45) is 0 Å². The van der Waals surface area contributed by atoms with Gasteiger partial charge in [-0.05, 0) is 0 Å². The highest BCUT2D eigenvalue weighted by atomic mass is 35.5. The van der Waals surface area contributed by atoms with Crippen LogP contribution in [0.15, 0.2) is 9.90 Å². The molecule has 0 aromatic heterocycles. The van der Waals surface area contributed by atoms with E-state index in [0.29, 0.717) is 0 Å². The van der Waals surface area contributed by atoms with Crippen LogP contribution in [0.4, 0.5) is 0 Å². The molecule has 0 bridgehead atoms. The van der Waals surface area contributed by atoms with Crippen molar-refractivity contribution >= 4 is 33.0 Å². The zero-order valence-electron chi connectivity index (χ0n) is 4.77. The van der Waals surface area contributed by atoms with Crippen LogP contribution in [0.25, 0.3) is 0 Å². The van der Waals surface area contributed by atoms with Gasteiger partial charge in [0.1, 0.15) is 4.49 Å². The third-order valence-corrected chi connectivity index (χ3v) is 2.55. The van der Waals surface area contributed by atoms with Gasteiger partial charge >= 0.3 is 0 Å². The molecule has 0 spiro atoms. The summed E-state index contributed by atoms with van der Waals surface area (Å²) in [6, 6.07) is 0. The third-order valence-electron chi connectivity index (χ3n) is 0.671. The van der Waals surface area contributed by atoms with Crippen molar-refractivity contribution < 1.29 is 8.42 Å². The largest absolute Gasteiger partial charge is 0.224 e. The predicted molar refractivity (Wildman–Crippen MR) is 39.2 cm³/mol. The molecule has 54 valence electrons. The van der Waals surface area contributed by atoms with Gasteiger partial charge in [0, 0.05) is 0 Å². The smallest absolute Gasteiger partial charge is 0.173 e. The Hall–Kier alpha value is 0.270. The van der Waals surface area contributed by atoms with Gasteiger partial charge in [-0.1, -0.05) is 30.1 Å². The van der Waals surface area contributed by atoms with Crippen LogP contribution in [0.3, 0.4) is 0 Å². The normalized spacial score (nSPS) is 11.0. The Labute approximate surface area is 64.4 Å². The molecule has 0 radical (unpaired) electrons. The molecule has 0 aliphatic rings. The van der Waals surface area contributed by atoms with E-state index in [4.69, 9.17) is 23.2 Å². The average Bonchev–Trinajstić information content (AvgIpc) is 1.63. The Morgan fingerprint density at radius 3 is 2.11 bits per heavy atom. The summed E-state index contributed by atoms with van der Waals surface area (Å²) in [6.07, 6.45) is 0. The summed E-state index contributed by atoms with van der Waals surface area (Å²) >= 11 is 10.2. The van der Waals surface area contributed by atoms with Crippen molar-refractivity contribution in [2.45, 2.75) is 6.92 Å². The van der Waals surface area contributed by atoms with Gasteiger partial charge < -0.3 is 0 Å². The van der Waals surface area contributed by atoms with Crippen LogP contribution < -0.4 is 0 Å². The Morgan fingerprint density at radius 2 is 2.00 bits per heavy atom. The molecule has 0 aromatic carbocycles. The lowest BCUT2D eigenvalue weighted by Crippen LogP contribution is -1.96. The molecule has 9 heavy (non-hydrogen) atoms. The predicted octanol–water partition coefficient (Wildman–Crippen LogP) is 1.70. The van der Waals surface area contributed by atoms with Crippen LogP contribution in [0, 0.1) is 0 Å². The number of halogens is 2. The zero-order valence-corrected chi connectivity index (χ0v) is 7.09. The third kappa shape index (κ3) is 4.75. The lowest BCUT2D eigenvalue weighted by atomic mass is 11.0. The van der Waals surface area contributed by atoms with Crippen LogP contribution in [0.5, 0.6) is 0 Å². The second-order valence-corrected chi connectivity index (χ2v) is 4.51. The van der Waals surface area contributed by atoms with Crippen LogP contribution in [-0.2, 0) is 9.84 Å². The van der Waals surface area contributed by atoms with Gasteiger partial charge in [0.2, 0.25) is 0 Å². The summed E-state index contributed by atoms with van der Waals surface area (Å²) in [5.41, 5.74) is 0. The molecule has 0 fully saturated rings. The molecule has 0 aromatic rings. The lowest BCUT2D eigenvalue weighted by Gasteiger charge is -1.88. The van der Waals surface area contributed by atoms with Crippen LogP contribution in [0.2, 0.25) is 0 Å². The van der Waals surface area contributed by atoms with Crippen LogP contribution in [-0.4, -0.2) is 14.2 Å². The first kappa shape index (κ1) is 9.27. The first-order chi connectivity index (χ1) is 3.98. The van der Waals surface area contributed by atoms with E-state index in [-0.39, 0.29) is 10.2 Å². The van der Waals surface area contributed by atoms with Gasteiger partial charge in [0.05, 0.1) is 11.2 Å². The molecule has 0 heterocycles. The maximum atomic E-state index is 10.6. The van der Waals surface area contributed by atoms with Crippen molar-refractivity contribution in [1.29, 1.82) is 0 Å². The molecular formula is C4H6Cl2O2S. The SMILES string of the molecule is CCS(=O)(=O)C=C(Cl)Cl. The van der Waals surface area contributed by atoms with E-state index in [0.717, 1.165) is 5.41 Å². The summed E-state index contributed by atoms with van der Waals surface area (Å²) in [7, 11) is -3.14. The molecule has 0 aliphatic heterocycles. The van der Waals surface area contributed by atoms with E-state index in [1.807, 2.05) is 0 Å². The van der Waals surface area contributed by atoms with Crippen molar-refractivity contribution in [1.82, 2.24) is 0 Å². The molecule has 0 unspecified atom stereocenters. The van der Waals surface area contributed by atoms with E-state index in [9.17, 15) is 8.42 Å². The van der Waals surface area contributed by atoms with Gasteiger partial charge in [-0.3, -0.25) is 0 Å². The fraction of sp³-hybridized carbons (Fsp3) is 0.500. The molecule has 0 saturated carbocycles. The quantitative estimate of drug-likeness (QED) is 0.662. The summed E-state index contributed by atoms with van der Waals surface area (Å²) in [5, 5.41) is 0.829. The fourth-order valence-corrected chi connectivity index (χ4v) is 1.47. The molecule has 0 amide bonds. The Bertz CT molecular complexity index is 201. The number of hydrogen-bond donors (Lipinski definition) is 0. The fourth-order valence-electron chi connectivity index (χ4n) is 0.219. The van der Waals surface area contributed by atoms with E-state index in [2.05, 4.69) is 0 Å². The molecule has 0 N–H and O–H groups in total. The highest BCUT2D eigenvalue weighted by Crippen LogP contribution is 2.09. The average molecular weight is 189 g/mol. The van der Waals surface area contributed by atoms with Gasteiger partial charge in [0.25, 0.3) is 0 Å². The summed E-state index contributed by atoms with van der Waals surface area (Å²) < 4.78 is 20.9. The monoisotopic (exact) mass is 188 g/mol. The maximum Gasteiger partial charge on any atom is 0.173 e. The van der Waals surface area contributed by atoms with E-state index < -0.39 is 9.84 Å². The lowest BCUT2D eigenvalue weighted by molar-refractivity contribution is 0.606. The summed E-state index contributed by atoms with van der Waals surface area (Å²) in [6.45, 7) is 1.52. The van der Waals surface area contributed by atoms with E-state index in [1.165, 1.54) is 6.92 Å². The maximum absolute atomic E-state index is 10.6. The van der Waals surface area contributed by atoms with E-state index in [1.54, 1.807) is 0 Å². The Morgan fingerprint density at radius 1 is 1.56 bits per heavy atom. The minimum absolute atomic E-state index is 0.0238. The zero-order chi connectivity index (χ0) is 7.49. The second kappa shape index (κ2) is 3.44. The Balaban J connectivity index is 4.41. The minimum atomic E-state index is -3.14. The van der Waals surface area contributed by atoms with Crippen molar-refractivity contribution in [3.63, 3.8) is 0 Å². The van der Waals surface area contributed by atoms with Gasteiger partial charge in [0.15, 0.2) is 9.84 Å². The standard InChI is InChI=1S/C4H6Cl2O2S/c1-2-9(7,8)3-4(5)6/h3H,2H2,1H3. The number of hydrogen-bond acceptors (Lipinski definition) is 2. The van der Waals surface area contributed by atoms with Crippen molar-refractivity contribution in [3.05, 3.63) is 9.90 Å². The molecule has 0 saturated heterocycles. The van der Waals surface area contributed by atoms with Gasteiger partial charge in [-0.25, -0.2) is 8.42 Å². The number of sulfone groups is 1. The van der Waals surface area contributed by atoms with E-state index >= 15 is 0 Å². The molecule has 0 atom stereocenters. The molecular weight excluding hydrogens is 183 g/mol. The van der Waals surface area contributed by atoms with Gasteiger partial charge in [-0.2, -0.15) is 0 Å².